The van der Waals surface area contributed by atoms with E-state index in [9.17, 15) is 4.79 Å². The summed E-state index contributed by atoms with van der Waals surface area (Å²) in [6, 6.07) is 4.95. The summed E-state index contributed by atoms with van der Waals surface area (Å²) >= 11 is 13.5. The Hall–Kier alpha value is -1.10. The van der Waals surface area contributed by atoms with Crippen LogP contribution in [0.25, 0.3) is 0 Å². The van der Waals surface area contributed by atoms with Crippen molar-refractivity contribution in [2.24, 2.45) is 0 Å². The molecule has 0 unspecified atom stereocenters. The number of carbonyl (C=O) groups is 1. The van der Waals surface area contributed by atoms with E-state index in [2.05, 4.69) is 24.1 Å². The highest BCUT2D eigenvalue weighted by Gasteiger charge is 2.11. The minimum atomic E-state index is -0.158. The maximum absolute atomic E-state index is 12.0. The van der Waals surface area contributed by atoms with Crippen LogP contribution in [0.2, 0.25) is 10.0 Å². The molecule has 6 heteroatoms. The number of carbonyl (C=O) groups excluding carboxylic acids is 1. The van der Waals surface area contributed by atoms with E-state index in [4.69, 9.17) is 23.2 Å². The second kappa shape index (κ2) is 6.57. The minimum Gasteiger partial charge on any atom is -0.324 e. The minimum absolute atomic E-state index is 0.158. The predicted octanol–water partition coefficient (Wildman–Crippen LogP) is 4.75. The molecule has 20 heavy (non-hydrogen) atoms. The molecule has 0 aliphatic rings. The number of hydrogen-bond donors (Lipinski definition) is 1. The summed E-state index contributed by atoms with van der Waals surface area (Å²) in [5.74, 6) is 0.217. The summed E-state index contributed by atoms with van der Waals surface area (Å²) in [7, 11) is 0. The summed E-state index contributed by atoms with van der Waals surface area (Å²) in [5, 5.41) is 6.68. The number of aromatic nitrogens is 1. The van der Waals surface area contributed by atoms with Crippen molar-refractivity contribution in [2.75, 3.05) is 5.32 Å². The van der Waals surface area contributed by atoms with Gasteiger partial charge in [0.15, 0.2) is 0 Å². The van der Waals surface area contributed by atoms with Gasteiger partial charge in [0.1, 0.15) is 0 Å². The molecule has 1 aromatic carbocycles. The van der Waals surface area contributed by atoms with Gasteiger partial charge in [0.2, 0.25) is 5.91 Å². The molecular formula is C14H14Cl2N2OS. The SMILES string of the molecule is CC(C)c1nc(CC(=O)Nc2cc(Cl)ccc2Cl)cs1. The number of anilines is 1. The van der Waals surface area contributed by atoms with E-state index in [1.165, 1.54) is 0 Å². The first-order chi connectivity index (χ1) is 9.45. The van der Waals surface area contributed by atoms with Gasteiger partial charge in [-0.2, -0.15) is 0 Å². The van der Waals surface area contributed by atoms with Crippen LogP contribution in [0.1, 0.15) is 30.5 Å². The van der Waals surface area contributed by atoms with Crippen molar-refractivity contribution in [3.05, 3.63) is 44.3 Å². The summed E-state index contributed by atoms with van der Waals surface area (Å²) in [6.07, 6.45) is 0.228. The Bertz CT molecular complexity index is 625. The molecule has 0 spiro atoms. The molecule has 106 valence electrons. The van der Waals surface area contributed by atoms with Crippen molar-refractivity contribution in [1.29, 1.82) is 0 Å². The number of benzene rings is 1. The summed E-state index contributed by atoms with van der Waals surface area (Å²) < 4.78 is 0. The molecule has 3 nitrogen and oxygen atoms in total. The Labute approximate surface area is 131 Å². The van der Waals surface area contributed by atoms with Crippen molar-refractivity contribution >= 4 is 46.1 Å². The highest BCUT2D eigenvalue weighted by molar-refractivity contribution is 7.09. The lowest BCUT2D eigenvalue weighted by molar-refractivity contribution is -0.115. The second-order valence-corrected chi connectivity index (χ2v) is 6.41. The fraction of sp³-hybridized carbons (Fsp3) is 0.286. The summed E-state index contributed by atoms with van der Waals surface area (Å²) in [6.45, 7) is 4.16. The highest BCUT2D eigenvalue weighted by Crippen LogP contribution is 2.25. The van der Waals surface area contributed by atoms with Crippen LogP contribution in [0.15, 0.2) is 23.6 Å². The fourth-order valence-electron chi connectivity index (χ4n) is 1.62. The van der Waals surface area contributed by atoms with Gasteiger partial charge in [-0.05, 0) is 18.2 Å². The Morgan fingerprint density at radius 1 is 1.40 bits per heavy atom. The summed E-state index contributed by atoms with van der Waals surface area (Å²) in [4.78, 5) is 16.4. The molecule has 0 saturated carbocycles. The van der Waals surface area contributed by atoms with E-state index < -0.39 is 0 Å². The average molecular weight is 329 g/mol. The number of amides is 1. The van der Waals surface area contributed by atoms with Gasteiger partial charge in [0.25, 0.3) is 0 Å². The molecular weight excluding hydrogens is 315 g/mol. The Morgan fingerprint density at radius 3 is 2.80 bits per heavy atom. The quantitative estimate of drug-likeness (QED) is 0.879. The normalized spacial score (nSPS) is 10.8. The van der Waals surface area contributed by atoms with E-state index in [0.717, 1.165) is 10.7 Å². The number of halogens is 2. The topological polar surface area (TPSA) is 42.0 Å². The van der Waals surface area contributed by atoms with Gasteiger partial charge in [0, 0.05) is 16.3 Å². The van der Waals surface area contributed by atoms with Crippen LogP contribution in [-0.4, -0.2) is 10.9 Å². The first-order valence-electron chi connectivity index (χ1n) is 6.15. The Kier molecular flexibility index (Phi) is 5.02. The largest absolute Gasteiger partial charge is 0.324 e. The Morgan fingerprint density at radius 2 is 2.15 bits per heavy atom. The van der Waals surface area contributed by atoms with Crippen molar-refractivity contribution < 1.29 is 4.79 Å². The Balaban J connectivity index is 2.03. The molecule has 0 aliphatic heterocycles. The average Bonchev–Trinajstić information content (AvgIpc) is 2.82. The number of rotatable bonds is 4. The molecule has 1 amide bonds. The maximum atomic E-state index is 12.0. The van der Waals surface area contributed by atoms with Gasteiger partial charge in [0.05, 0.1) is 27.8 Å². The first kappa shape index (κ1) is 15.3. The van der Waals surface area contributed by atoms with E-state index in [-0.39, 0.29) is 12.3 Å². The summed E-state index contributed by atoms with van der Waals surface area (Å²) in [5.41, 5.74) is 1.29. The molecule has 2 rings (SSSR count). The number of thiazole rings is 1. The van der Waals surface area contributed by atoms with Crippen LogP contribution in [0.3, 0.4) is 0 Å². The molecule has 0 radical (unpaired) electrons. The molecule has 0 atom stereocenters. The maximum Gasteiger partial charge on any atom is 0.230 e. The lowest BCUT2D eigenvalue weighted by Gasteiger charge is -2.06. The zero-order chi connectivity index (χ0) is 14.7. The standard InChI is InChI=1S/C14H14Cl2N2OS/c1-8(2)14-17-10(7-20-14)6-13(19)18-12-5-9(15)3-4-11(12)16/h3-5,7-8H,6H2,1-2H3,(H,18,19). The van der Waals surface area contributed by atoms with Crippen LogP contribution in [0.5, 0.6) is 0 Å². The second-order valence-electron chi connectivity index (χ2n) is 4.68. The monoisotopic (exact) mass is 328 g/mol. The van der Waals surface area contributed by atoms with Crippen LogP contribution < -0.4 is 5.32 Å². The van der Waals surface area contributed by atoms with Gasteiger partial charge in [-0.25, -0.2) is 4.98 Å². The van der Waals surface area contributed by atoms with Gasteiger partial charge >= 0.3 is 0 Å². The first-order valence-corrected chi connectivity index (χ1v) is 7.78. The van der Waals surface area contributed by atoms with Crippen molar-refractivity contribution in [3.8, 4) is 0 Å². The third-order valence-corrected chi connectivity index (χ3v) is 4.37. The van der Waals surface area contributed by atoms with Crippen molar-refractivity contribution in [2.45, 2.75) is 26.2 Å². The van der Waals surface area contributed by atoms with Crippen molar-refractivity contribution in [3.63, 3.8) is 0 Å². The van der Waals surface area contributed by atoms with Crippen LogP contribution in [0, 0.1) is 0 Å². The van der Waals surface area contributed by atoms with E-state index in [1.54, 1.807) is 29.5 Å². The van der Waals surface area contributed by atoms with Crippen LogP contribution in [-0.2, 0) is 11.2 Å². The van der Waals surface area contributed by atoms with Gasteiger partial charge in [-0.1, -0.05) is 37.0 Å². The lowest BCUT2D eigenvalue weighted by Crippen LogP contribution is -2.15. The zero-order valence-corrected chi connectivity index (χ0v) is 13.4. The molecule has 0 saturated heterocycles. The third-order valence-electron chi connectivity index (χ3n) is 2.61. The highest BCUT2D eigenvalue weighted by atomic mass is 35.5. The molecule has 0 fully saturated rings. The number of nitrogens with zero attached hydrogens (tertiary/aromatic N) is 1. The predicted molar refractivity (Wildman–Crippen MR) is 85.0 cm³/mol. The smallest absolute Gasteiger partial charge is 0.230 e. The molecule has 0 bridgehead atoms. The molecule has 1 aromatic heterocycles. The van der Waals surface area contributed by atoms with E-state index in [0.29, 0.717) is 21.7 Å². The van der Waals surface area contributed by atoms with Gasteiger partial charge in [-0.15, -0.1) is 11.3 Å². The van der Waals surface area contributed by atoms with Gasteiger partial charge < -0.3 is 5.32 Å². The van der Waals surface area contributed by atoms with E-state index >= 15 is 0 Å². The van der Waals surface area contributed by atoms with Crippen LogP contribution in [0.4, 0.5) is 5.69 Å². The lowest BCUT2D eigenvalue weighted by atomic mass is 10.2. The molecule has 1 heterocycles. The van der Waals surface area contributed by atoms with Crippen LogP contribution >= 0.6 is 34.5 Å². The zero-order valence-electron chi connectivity index (χ0n) is 11.1. The number of nitrogens with one attached hydrogen (secondary N) is 1. The molecule has 1 N–H and O–H groups in total. The molecule has 2 aromatic rings. The fourth-order valence-corrected chi connectivity index (χ4v) is 2.79. The van der Waals surface area contributed by atoms with Crippen molar-refractivity contribution in [1.82, 2.24) is 4.98 Å². The third kappa shape index (κ3) is 3.95. The number of hydrogen-bond acceptors (Lipinski definition) is 3. The molecule has 0 aliphatic carbocycles. The van der Waals surface area contributed by atoms with E-state index in [1.807, 2.05) is 5.38 Å². The van der Waals surface area contributed by atoms with Gasteiger partial charge in [-0.3, -0.25) is 4.79 Å².